The van der Waals surface area contributed by atoms with Gasteiger partial charge in [-0.1, -0.05) is 32.9 Å². The molecule has 6 nitrogen and oxygen atoms in total. The van der Waals surface area contributed by atoms with Crippen LogP contribution in [-0.2, 0) is 12.0 Å². The second-order valence-corrected chi connectivity index (χ2v) is 6.56. The predicted octanol–water partition coefficient (Wildman–Crippen LogP) is 2.25. The number of ether oxygens (including phenoxy) is 1. The van der Waals surface area contributed by atoms with E-state index in [1.165, 1.54) is 4.52 Å². The first kappa shape index (κ1) is 15.3. The van der Waals surface area contributed by atoms with Gasteiger partial charge in [0.05, 0.1) is 19.3 Å². The van der Waals surface area contributed by atoms with Crippen molar-refractivity contribution in [2.45, 2.75) is 32.7 Å². The number of benzene rings is 1. The van der Waals surface area contributed by atoms with Gasteiger partial charge < -0.3 is 4.74 Å². The summed E-state index contributed by atoms with van der Waals surface area (Å²) in [4.78, 5) is 17.0. The fourth-order valence-corrected chi connectivity index (χ4v) is 2.35. The summed E-state index contributed by atoms with van der Waals surface area (Å²) < 4.78 is 8.12. The molecule has 3 aromatic rings. The average molecular weight is 312 g/mol. The van der Waals surface area contributed by atoms with Crippen molar-refractivity contribution in [3.8, 4) is 5.75 Å². The molecule has 0 unspecified atom stereocenters. The Balaban J connectivity index is 2.02. The van der Waals surface area contributed by atoms with Crippen molar-refractivity contribution >= 4 is 5.65 Å². The highest BCUT2D eigenvalue weighted by Gasteiger charge is 2.19. The largest absolute Gasteiger partial charge is 0.497 e. The van der Waals surface area contributed by atoms with Gasteiger partial charge in [-0.3, -0.25) is 4.57 Å². The third-order valence-corrected chi connectivity index (χ3v) is 3.70. The molecular weight excluding hydrogens is 292 g/mol. The Hall–Kier alpha value is -2.63. The third kappa shape index (κ3) is 2.97. The average Bonchev–Trinajstić information content (AvgIpc) is 2.96. The Morgan fingerprint density at radius 1 is 1.22 bits per heavy atom. The molecule has 3 rings (SSSR count). The van der Waals surface area contributed by atoms with Gasteiger partial charge in [-0.15, -0.1) is 0 Å². The summed E-state index contributed by atoms with van der Waals surface area (Å²) in [5.74, 6) is 0.763. The van der Waals surface area contributed by atoms with Gasteiger partial charge in [0.15, 0.2) is 5.65 Å². The zero-order valence-corrected chi connectivity index (χ0v) is 13.8. The van der Waals surface area contributed by atoms with Gasteiger partial charge in [0.1, 0.15) is 12.1 Å². The highest BCUT2D eigenvalue weighted by molar-refractivity contribution is 5.39. The minimum Gasteiger partial charge on any atom is -0.497 e. The summed E-state index contributed by atoms with van der Waals surface area (Å²) in [6, 6.07) is 9.48. The maximum atomic E-state index is 12.6. The summed E-state index contributed by atoms with van der Waals surface area (Å²) in [6.45, 7) is 6.60. The molecule has 0 atom stereocenters. The highest BCUT2D eigenvalue weighted by Crippen LogP contribution is 2.20. The van der Waals surface area contributed by atoms with Crippen LogP contribution < -0.4 is 10.4 Å². The summed E-state index contributed by atoms with van der Waals surface area (Å²) in [6.07, 6.45) is 1.56. The minimum absolute atomic E-state index is 0.127. The number of methoxy groups -OCH3 is 1. The molecule has 6 heteroatoms. The lowest BCUT2D eigenvalue weighted by Gasteiger charge is -2.13. The summed E-state index contributed by atoms with van der Waals surface area (Å²) in [5, 5.41) is 4.42. The normalized spacial score (nSPS) is 11.8. The molecule has 0 saturated heterocycles. The Morgan fingerprint density at radius 3 is 2.70 bits per heavy atom. The van der Waals surface area contributed by atoms with E-state index < -0.39 is 0 Å². The third-order valence-electron chi connectivity index (χ3n) is 3.70. The number of hydrogen-bond donors (Lipinski definition) is 0. The summed E-state index contributed by atoms with van der Waals surface area (Å²) in [7, 11) is 1.62. The van der Waals surface area contributed by atoms with Crippen LogP contribution in [0.3, 0.4) is 0 Å². The zero-order chi connectivity index (χ0) is 16.6. The van der Waals surface area contributed by atoms with E-state index >= 15 is 0 Å². The molecule has 0 amide bonds. The van der Waals surface area contributed by atoms with Gasteiger partial charge in [0.25, 0.3) is 0 Å². The lowest BCUT2D eigenvalue weighted by atomic mass is 9.93. The molecular formula is C17H20N4O2. The van der Waals surface area contributed by atoms with Gasteiger partial charge >= 0.3 is 5.69 Å². The standard InChI is InChI=1S/C17H20N4O2/c1-17(2,3)14-9-15-18-11-20(16(22)21(15)19-14)10-12-6-5-7-13(8-12)23-4/h5-9,11H,10H2,1-4H3. The fraction of sp³-hybridized carbons (Fsp3) is 0.353. The summed E-state index contributed by atoms with van der Waals surface area (Å²) in [5.41, 5.74) is 2.06. The van der Waals surface area contributed by atoms with E-state index in [4.69, 9.17) is 4.74 Å². The molecule has 0 bridgehead atoms. The molecule has 2 heterocycles. The van der Waals surface area contributed by atoms with Gasteiger partial charge in [-0.05, 0) is 17.7 Å². The first-order chi connectivity index (χ1) is 10.9. The van der Waals surface area contributed by atoms with E-state index in [0.717, 1.165) is 17.0 Å². The molecule has 0 aliphatic rings. The molecule has 2 aromatic heterocycles. The fourth-order valence-electron chi connectivity index (χ4n) is 2.35. The topological polar surface area (TPSA) is 61.4 Å². The number of aromatic nitrogens is 4. The van der Waals surface area contributed by atoms with E-state index in [0.29, 0.717) is 12.2 Å². The lowest BCUT2D eigenvalue weighted by Crippen LogP contribution is -2.28. The minimum atomic E-state index is -0.201. The first-order valence-electron chi connectivity index (χ1n) is 7.47. The SMILES string of the molecule is COc1cccc(Cn2cnc3cc(C(C)(C)C)nn3c2=O)c1. The highest BCUT2D eigenvalue weighted by atomic mass is 16.5. The van der Waals surface area contributed by atoms with Crippen molar-refractivity contribution in [1.29, 1.82) is 0 Å². The van der Waals surface area contributed by atoms with Crippen LogP contribution in [0.1, 0.15) is 32.0 Å². The van der Waals surface area contributed by atoms with Crippen molar-refractivity contribution in [2.75, 3.05) is 7.11 Å². The molecule has 0 radical (unpaired) electrons. The molecule has 0 aliphatic heterocycles. The van der Waals surface area contributed by atoms with Gasteiger partial charge in [0, 0.05) is 11.5 Å². The van der Waals surface area contributed by atoms with Crippen LogP contribution in [0, 0.1) is 0 Å². The monoisotopic (exact) mass is 312 g/mol. The number of hydrogen-bond acceptors (Lipinski definition) is 4. The Kier molecular flexibility index (Phi) is 3.67. The molecule has 0 N–H and O–H groups in total. The van der Waals surface area contributed by atoms with Crippen molar-refractivity contribution in [2.24, 2.45) is 0 Å². The molecule has 0 spiro atoms. The Bertz CT molecular complexity index is 903. The van der Waals surface area contributed by atoms with Crippen molar-refractivity contribution in [3.63, 3.8) is 0 Å². The van der Waals surface area contributed by atoms with Crippen LogP contribution in [0.25, 0.3) is 5.65 Å². The second-order valence-electron chi connectivity index (χ2n) is 6.56. The Morgan fingerprint density at radius 2 is 2.00 bits per heavy atom. The van der Waals surface area contributed by atoms with Crippen LogP contribution in [0.5, 0.6) is 5.75 Å². The van der Waals surface area contributed by atoms with E-state index in [1.807, 2.05) is 30.3 Å². The number of rotatable bonds is 3. The van der Waals surface area contributed by atoms with E-state index in [2.05, 4.69) is 30.9 Å². The van der Waals surface area contributed by atoms with Gasteiger partial charge in [-0.2, -0.15) is 9.61 Å². The molecule has 120 valence electrons. The van der Waals surface area contributed by atoms with E-state index in [9.17, 15) is 4.79 Å². The number of fused-ring (bicyclic) bond motifs is 1. The maximum absolute atomic E-state index is 12.6. The lowest BCUT2D eigenvalue weighted by molar-refractivity contribution is 0.414. The van der Waals surface area contributed by atoms with Crippen molar-refractivity contribution in [3.05, 3.63) is 58.4 Å². The molecule has 0 fully saturated rings. The van der Waals surface area contributed by atoms with E-state index in [-0.39, 0.29) is 11.1 Å². The second kappa shape index (κ2) is 5.53. The Labute approximate surface area is 134 Å². The van der Waals surface area contributed by atoms with E-state index in [1.54, 1.807) is 18.0 Å². The molecule has 1 aromatic carbocycles. The van der Waals surface area contributed by atoms with Crippen molar-refractivity contribution in [1.82, 2.24) is 19.2 Å². The molecule has 0 saturated carbocycles. The predicted molar refractivity (Wildman–Crippen MR) is 88.0 cm³/mol. The maximum Gasteiger partial charge on any atom is 0.352 e. The summed E-state index contributed by atoms with van der Waals surface area (Å²) >= 11 is 0. The van der Waals surface area contributed by atoms with Gasteiger partial charge in [0.2, 0.25) is 0 Å². The van der Waals surface area contributed by atoms with Crippen LogP contribution >= 0.6 is 0 Å². The molecule has 0 aliphatic carbocycles. The van der Waals surface area contributed by atoms with Crippen LogP contribution in [0.15, 0.2) is 41.5 Å². The van der Waals surface area contributed by atoms with Gasteiger partial charge in [-0.25, -0.2) is 9.78 Å². The van der Waals surface area contributed by atoms with Crippen molar-refractivity contribution < 1.29 is 4.74 Å². The van der Waals surface area contributed by atoms with Crippen LogP contribution in [0.2, 0.25) is 0 Å². The number of nitrogens with zero attached hydrogens (tertiary/aromatic N) is 4. The zero-order valence-electron chi connectivity index (χ0n) is 13.8. The molecule has 23 heavy (non-hydrogen) atoms. The van der Waals surface area contributed by atoms with Crippen LogP contribution in [0.4, 0.5) is 0 Å². The van der Waals surface area contributed by atoms with Crippen LogP contribution in [-0.4, -0.2) is 26.3 Å². The quantitative estimate of drug-likeness (QED) is 0.744. The first-order valence-corrected chi connectivity index (χ1v) is 7.47. The smallest absolute Gasteiger partial charge is 0.352 e.